The maximum atomic E-state index is 12.0. The number of nitrogens with zero attached hydrogens (tertiary/aromatic N) is 6. The second-order valence-corrected chi connectivity index (χ2v) is 8.72. The van der Waals surface area contributed by atoms with Gasteiger partial charge in [-0.2, -0.15) is 10.4 Å². The Kier molecular flexibility index (Phi) is 6.49. The summed E-state index contributed by atoms with van der Waals surface area (Å²) in [4.78, 5) is 22.8. The summed E-state index contributed by atoms with van der Waals surface area (Å²) in [5.74, 6) is 0.948. The standard InChI is InChI=1S/C25H27N7O2/c26-11-9-23(18-3-1-2-4-18)32-16-19(15-28-32)22-10-12-27-25(30-22)29-20-5-7-21(8-6-20)31-13-14-34-17-24(31)33/h5-8,10,12,15-16,18,23H,1-4,9,13-14,17H2,(H,27,29,30). The molecule has 2 fully saturated rings. The van der Waals surface area contributed by atoms with Crippen molar-refractivity contribution >= 4 is 23.2 Å². The Morgan fingerprint density at radius 1 is 1.21 bits per heavy atom. The molecule has 1 atom stereocenters. The van der Waals surface area contributed by atoms with Crippen molar-refractivity contribution < 1.29 is 9.53 Å². The maximum absolute atomic E-state index is 12.0. The molecule has 1 N–H and O–H groups in total. The molecule has 1 unspecified atom stereocenters. The molecule has 0 radical (unpaired) electrons. The molecule has 1 aliphatic heterocycles. The number of carbonyl (C=O) groups excluding carboxylic acids is 1. The second kappa shape index (κ2) is 10.0. The van der Waals surface area contributed by atoms with Crippen LogP contribution in [0.2, 0.25) is 0 Å². The van der Waals surface area contributed by atoms with E-state index in [1.54, 1.807) is 17.3 Å². The van der Waals surface area contributed by atoms with Crippen LogP contribution in [0.15, 0.2) is 48.9 Å². The quantitative estimate of drug-likeness (QED) is 0.569. The molecular weight excluding hydrogens is 430 g/mol. The van der Waals surface area contributed by atoms with Crippen LogP contribution in [-0.2, 0) is 9.53 Å². The number of hydrogen-bond acceptors (Lipinski definition) is 7. The van der Waals surface area contributed by atoms with Gasteiger partial charge in [0, 0.05) is 35.9 Å². The normalized spacial score (nSPS) is 17.5. The van der Waals surface area contributed by atoms with Crippen molar-refractivity contribution in [2.75, 3.05) is 30.0 Å². The molecule has 1 saturated heterocycles. The lowest BCUT2D eigenvalue weighted by molar-refractivity contribution is -0.125. The summed E-state index contributed by atoms with van der Waals surface area (Å²) in [6.45, 7) is 1.22. The summed E-state index contributed by atoms with van der Waals surface area (Å²) in [6, 6.07) is 11.9. The van der Waals surface area contributed by atoms with Gasteiger partial charge < -0.3 is 15.0 Å². The number of anilines is 3. The summed E-state index contributed by atoms with van der Waals surface area (Å²) in [5.41, 5.74) is 3.33. The molecule has 5 rings (SSSR count). The van der Waals surface area contributed by atoms with Crippen molar-refractivity contribution in [3.05, 3.63) is 48.9 Å². The van der Waals surface area contributed by atoms with E-state index in [4.69, 9.17) is 4.74 Å². The predicted octanol–water partition coefficient (Wildman–Crippen LogP) is 4.09. The molecule has 3 heterocycles. The van der Waals surface area contributed by atoms with E-state index in [1.165, 1.54) is 12.8 Å². The Hall–Kier alpha value is -3.77. The third kappa shape index (κ3) is 4.77. The van der Waals surface area contributed by atoms with Gasteiger partial charge in [0.15, 0.2) is 0 Å². The van der Waals surface area contributed by atoms with Crippen LogP contribution in [0.1, 0.15) is 38.1 Å². The van der Waals surface area contributed by atoms with Crippen LogP contribution in [0.5, 0.6) is 0 Å². The number of ether oxygens (including phenoxy) is 1. The van der Waals surface area contributed by atoms with Crippen LogP contribution in [0, 0.1) is 17.2 Å². The van der Waals surface area contributed by atoms with E-state index >= 15 is 0 Å². The van der Waals surface area contributed by atoms with Crippen molar-refractivity contribution in [1.82, 2.24) is 19.7 Å². The number of carbonyl (C=O) groups is 1. The minimum absolute atomic E-state index is 0.0338. The number of morpholine rings is 1. The van der Waals surface area contributed by atoms with E-state index in [9.17, 15) is 10.1 Å². The van der Waals surface area contributed by atoms with E-state index in [2.05, 4.69) is 26.5 Å². The smallest absolute Gasteiger partial charge is 0.253 e. The highest BCUT2D eigenvalue weighted by Gasteiger charge is 2.27. The van der Waals surface area contributed by atoms with E-state index in [0.717, 1.165) is 35.5 Å². The van der Waals surface area contributed by atoms with Gasteiger partial charge in [-0.25, -0.2) is 9.97 Å². The van der Waals surface area contributed by atoms with Crippen LogP contribution < -0.4 is 10.2 Å². The lowest BCUT2D eigenvalue weighted by Gasteiger charge is -2.26. The Labute approximate surface area is 198 Å². The zero-order valence-electron chi connectivity index (χ0n) is 18.9. The van der Waals surface area contributed by atoms with Gasteiger partial charge in [-0.1, -0.05) is 12.8 Å². The first-order chi connectivity index (χ1) is 16.7. The van der Waals surface area contributed by atoms with Gasteiger partial charge in [0.1, 0.15) is 6.61 Å². The molecular formula is C25H27N7O2. The highest BCUT2D eigenvalue weighted by atomic mass is 16.5. The van der Waals surface area contributed by atoms with Crippen molar-refractivity contribution in [1.29, 1.82) is 5.26 Å². The monoisotopic (exact) mass is 457 g/mol. The summed E-state index contributed by atoms with van der Waals surface area (Å²) < 4.78 is 7.14. The molecule has 1 aliphatic carbocycles. The lowest BCUT2D eigenvalue weighted by Crippen LogP contribution is -2.41. The molecule has 1 amide bonds. The average molecular weight is 458 g/mol. The topological polar surface area (TPSA) is 109 Å². The first kappa shape index (κ1) is 22.0. The van der Waals surface area contributed by atoms with Gasteiger partial charge in [0.25, 0.3) is 5.91 Å². The van der Waals surface area contributed by atoms with Gasteiger partial charge in [-0.3, -0.25) is 9.48 Å². The number of benzene rings is 1. The molecule has 2 aliphatic rings. The number of nitrogens with one attached hydrogen (secondary N) is 1. The molecule has 1 aromatic carbocycles. The molecule has 0 spiro atoms. The average Bonchev–Trinajstić information content (AvgIpc) is 3.57. The third-order valence-electron chi connectivity index (χ3n) is 6.56. The fourth-order valence-corrected chi connectivity index (χ4v) is 4.79. The van der Waals surface area contributed by atoms with Crippen molar-refractivity contribution in [3.63, 3.8) is 0 Å². The Morgan fingerprint density at radius 3 is 2.79 bits per heavy atom. The van der Waals surface area contributed by atoms with Gasteiger partial charge >= 0.3 is 0 Å². The first-order valence-electron chi connectivity index (χ1n) is 11.7. The zero-order chi connectivity index (χ0) is 23.3. The fourth-order valence-electron chi connectivity index (χ4n) is 4.79. The molecule has 9 nitrogen and oxygen atoms in total. The fraction of sp³-hybridized carbons (Fsp3) is 0.400. The van der Waals surface area contributed by atoms with Crippen LogP contribution in [0.3, 0.4) is 0 Å². The minimum atomic E-state index is -0.0338. The van der Waals surface area contributed by atoms with Crippen molar-refractivity contribution in [2.24, 2.45) is 5.92 Å². The van der Waals surface area contributed by atoms with Crippen molar-refractivity contribution in [3.8, 4) is 17.3 Å². The summed E-state index contributed by atoms with van der Waals surface area (Å²) in [6.07, 6.45) is 10.7. The van der Waals surface area contributed by atoms with Crippen LogP contribution >= 0.6 is 0 Å². The van der Waals surface area contributed by atoms with Gasteiger partial charge in [0.05, 0.1) is 37.0 Å². The number of aromatic nitrogens is 4. The molecule has 0 bridgehead atoms. The lowest BCUT2D eigenvalue weighted by atomic mass is 9.96. The molecule has 3 aromatic rings. The molecule has 9 heteroatoms. The highest BCUT2D eigenvalue weighted by Crippen LogP contribution is 2.36. The Bertz CT molecular complexity index is 1180. The number of hydrogen-bond donors (Lipinski definition) is 1. The van der Waals surface area contributed by atoms with E-state index in [0.29, 0.717) is 31.4 Å². The first-order valence-corrected chi connectivity index (χ1v) is 11.7. The molecule has 174 valence electrons. The molecule has 34 heavy (non-hydrogen) atoms. The Balaban J connectivity index is 1.29. The van der Waals surface area contributed by atoms with Crippen LogP contribution in [-0.4, -0.2) is 45.4 Å². The highest BCUT2D eigenvalue weighted by molar-refractivity contribution is 5.95. The summed E-state index contributed by atoms with van der Waals surface area (Å²) in [7, 11) is 0. The van der Waals surface area contributed by atoms with E-state index < -0.39 is 0 Å². The Morgan fingerprint density at radius 2 is 2.03 bits per heavy atom. The maximum Gasteiger partial charge on any atom is 0.253 e. The number of rotatable bonds is 7. The minimum Gasteiger partial charge on any atom is -0.370 e. The number of amides is 1. The summed E-state index contributed by atoms with van der Waals surface area (Å²) >= 11 is 0. The molecule has 1 saturated carbocycles. The number of nitriles is 1. The van der Waals surface area contributed by atoms with Crippen molar-refractivity contribution in [2.45, 2.75) is 38.1 Å². The third-order valence-corrected chi connectivity index (χ3v) is 6.56. The van der Waals surface area contributed by atoms with E-state index in [1.807, 2.05) is 41.2 Å². The SMILES string of the molecule is N#CCC(C1CCCC1)n1cc(-c2ccnc(Nc3ccc(N4CCOCC4=O)cc3)n2)cn1. The van der Waals surface area contributed by atoms with E-state index in [-0.39, 0.29) is 18.6 Å². The van der Waals surface area contributed by atoms with Gasteiger partial charge in [-0.15, -0.1) is 0 Å². The largest absolute Gasteiger partial charge is 0.370 e. The molecule has 2 aromatic heterocycles. The van der Waals surface area contributed by atoms with Gasteiger partial charge in [0.2, 0.25) is 5.95 Å². The van der Waals surface area contributed by atoms with Crippen LogP contribution in [0.25, 0.3) is 11.3 Å². The summed E-state index contributed by atoms with van der Waals surface area (Å²) in [5, 5.41) is 17.1. The zero-order valence-corrected chi connectivity index (χ0v) is 18.9. The van der Waals surface area contributed by atoms with Crippen LogP contribution in [0.4, 0.5) is 17.3 Å². The predicted molar refractivity (Wildman–Crippen MR) is 127 cm³/mol. The van der Waals surface area contributed by atoms with Gasteiger partial charge in [-0.05, 0) is 49.1 Å². The second-order valence-electron chi connectivity index (χ2n) is 8.72.